The zero-order valence-electron chi connectivity index (χ0n) is 13.9. The second-order valence-electron chi connectivity index (χ2n) is 6.39. The van der Waals surface area contributed by atoms with Crippen molar-refractivity contribution < 1.29 is 23.3 Å². The van der Waals surface area contributed by atoms with E-state index in [9.17, 15) is 18.0 Å². The Bertz CT molecular complexity index is 794. The van der Waals surface area contributed by atoms with Crippen LogP contribution in [0.3, 0.4) is 0 Å². The SMILES string of the molecule is C[C@H]([NH2+][C@H]1CCCc2ccccc21)C(=O)Nc1ccc(F)c(F)c1F. The molecule has 6 heteroatoms. The standard InChI is InChI=1S/C19H19F3N2O/c1-11(19(25)24-16-10-9-14(20)17(21)18(16)22)23-15-8-4-6-12-5-2-3-7-13(12)15/h2-3,5,7,9-11,15,23H,4,6,8H2,1H3,(H,24,25)/p+1/t11-,15-/m0/s1. The van der Waals surface area contributed by atoms with E-state index in [2.05, 4.69) is 17.4 Å². The molecule has 1 aliphatic rings. The third-order valence-corrected chi connectivity index (χ3v) is 4.64. The number of rotatable bonds is 4. The molecule has 0 aliphatic heterocycles. The quantitative estimate of drug-likeness (QED) is 0.819. The molecule has 3 N–H and O–H groups in total. The maximum Gasteiger partial charge on any atom is 0.282 e. The van der Waals surface area contributed by atoms with Gasteiger partial charge in [-0.05, 0) is 37.5 Å². The van der Waals surface area contributed by atoms with Crippen LogP contribution in [0.15, 0.2) is 36.4 Å². The van der Waals surface area contributed by atoms with Gasteiger partial charge in [-0.15, -0.1) is 0 Å². The van der Waals surface area contributed by atoms with Gasteiger partial charge in [0.2, 0.25) is 0 Å². The number of benzene rings is 2. The van der Waals surface area contributed by atoms with Gasteiger partial charge in [0.15, 0.2) is 23.5 Å². The lowest BCUT2D eigenvalue weighted by Crippen LogP contribution is -2.92. The number of amides is 1. The Morgan fingerprint density at radius 3 is 2.72 bits per heavy atom. The largest absolute Gasteiger partial charge is 0.330 e. The Labute approximate surface area is 144 Å². The van der Waals surface area contributed by atoms with E-state index >= 15 is 0 Å². The van der Waals surface area contributed by atoms with Gasteiger partial charge in [-0.25, -0.2) is 13.2 Å². The highest BCUT2D eigenvalue weighted by molar-refractivity contribution is 5.93. The molecule has 1 aliphatic carbocycles. The fourth-order valence-corrected chi connectivity index (χ4v) is 3.30. The molecule has 0 heterocycles. The Hall–Kier alpha value is -2.34. The van der Waals surface area contributed by atoms with Gasteiger partial charge in [0.25, 0.3) is 5.91 Å². The van der Waals surface area contributed by atoms with Crippen LogP contribution in [-0.4, -0.2) is 11.9 Å². The minimum atomic E-state index is -1.59. The van der Waals surface area contributed by atoms with Gasteiger partial charge in [0.05, 0.1) is 5.69 Å². The number of quaternary nitrogens is 1. The highest BCUT2D eigenvalue weighted by atomic mass is 19.2. The summed E-state index contributed by atoms with van der Waals surface area (Å²) in [5.74, 6) is -4.71. The molecule has 0 saturated heterocycles. The van der Waals surface area contributed by atoms with Crippen molar-refractivity contribution in [2.45, 2.75) is 38.3 Å². The first-order valence-electron chi connectivity index (χ1n) is 8.34. The first-order chi connectivity index (χ1) is 12.0. The summed E-state index contributed by atoms with van der Waals surface area (Å²) in [5.41, 5.74) is 2.15. The van der Waals surface area contributed by atoms with Gasteiger partial charge in [-0.3, -0.25) is 4.79 Å². The molecule has 3 nitrogen and oxygen atoms in total. The van der Waals surface area contributed by atoms with Crippen LogP contribution in [0.25, 0.3) is 0 Å². The minimum Gasteiger partial charge on any atom is -0.330 e. The summed E-state index contributed by atoms with van der Waals surface area (Å²) in [6.45, 7) is 1.71. The number of hydrogen-bond acceptors (Lipinski definition) is 1. The molecule has 1 amide bonds. The van der Waals surface area contributed by atoms with E-state index < -0.39 is 29.4 Å². The molecule has 25 heavy (non-hydrogen) atoms. The van der Waals surface area contributed by atoms with Crippen LogP contribution in [0, 0.1) is 17.5 Å². The van der Waals surface area contributed by atoms with Crippen LogP contribution < -0.4 is 10.6 Å². The van der Waals surface area contributed by atoms with E-state index in [-0.39, 0.29) is 11.7 Å². The van der Waals surface area contributed by atoms with E-state index in [1.54, 1.807) is 6.92 Å². The first-order valence-corrected chi connectivity index (χ1v) is 8.34. The Morgan fingerprint density at radius 2 is 1.92 bits per heavy atom. The first kappa shape index (κ1) is 17.5. The second-order valence-corrected chi connectivity index (χ2v) is 6.39. The molecule has 0 aromatic heterocycles. The smallest absolute Gasteiger partial charge is 0.282 e. The van der Waals surface area contributed by atoms with E-state index in [0.29, 0.717) is 0 Å². The number of carbonyl (C=O) groups excluding carboxylic acids is 1. The fraction of sp³-hybridized carbons (Fsp3) is 0.316. The lowest BCUT2D eigenvalue weighted by Gasteiger charge is -2.26. The van der Waals surface area contributed by atoms with Crippen LogP contribution in [0.2, 0.25) is 0 Å². The maximum atomic E-state index is 13.7. The van der Waals surface area contributed by atoms with Gasteiger partial charge < -0.3 is 10.6 Å². The molecule has 0 spiro atoms. The zero-order valence-corrected chi connectivity index (χ0v) is 13.9. The number of nitrogens with two attached hydrogens (primary N) is 1. The molecular formula is C19H20F3N2O+. The lowest BCUT2D eigenvalue weighted by atomic mass is 9.87. The third kappa shape index (κ3) is 3.69. The highest BCUT2D eigenvalue weighted by Gasteiger charge is 2.28. The Morgan fingerprint density at radius 1 is 1.16 bits per heavy atom. The summed E-state index contributed by atoms with van der Waals surface area (Å²) in [6.07, 6.45) is 3.03. The number of carbonyl (C=O) groups is 1. The van der Waals surface area contributed by atoms with Gasteiger partial charge in [-0.1, -0.05) is 24.3 Å². The lowest BCUT2D eigenvalue weighted by molar-refractivity contribution is -0.714. The molecule has 0 bridgehead atoms. The molecule has 0 saturated carbocycles. The molecule has 0 fully saturated rings. The molecular weight excluding hydrogens is 329 g/mol. The van der Waals surface area contributed by atoms with Crippen LogP contribution in [0.4, 0.5) is 18.9 Å². The van der Waals surface area contributed by atoms with Crippen molar-refractivity contribution in [1.82, 2.24) is 0 Å². The molecule has 0 radical (unpaired) electrons. The predicted octanol–water partition coefficient (Wildman–Crippen LogP) is 3.07. The molecule has 2 atom stereocenters. The Kier molecular flexibility index (Phi) is 5.08. The van der Waals surface area contributed by atoms with Crippen LogP contribution in [0.5, 0.6) is 0 Å². The summed E-state index contributed by atoms with van der Waals surface area (Å²) >= 11 is 0. The summed E-state index contributed by atoms with van der Waals surface area (Å²) in [5, 5.41) is 4.28. The average molecular weight is 349 g/mol. The van der Waals surface area contributed by atoms with Crippen molar-refractivity contribution in [2.75, 3.05) is 5.32 Å². The van der Waals surface area contributed by atoms with E-state index in [0.717, 1.165) is 31.4 Å². The van der Waals surface area contributed by atoms with Crippen LogP contribution in [-0.2, 0) is 11.2 Å². The van der Waals surface area contributed by atoms with Crippen molar-refractivity contribution in [3.05, 3.63) is 65.0 Å². The number of anilines is 1. The number of hydrogen-bond donors (Lipinski definition) is 2. The summed E-state index contributed by atoms with van der Waals surface area (Å²) in [7, 11) is 0. The summed E-state index contributed by atoms with van der Waals surface area (Å²) in [6, 6.07) is 9.61. The van der Waals surface area contributed by atoms with Crippen molar-refractivity contribution in [3.63, 3.8) is 0 Å². The normalized spacial score (nSPS) is 17.7. The van der Waals surface area contributed by atoms with Crippen LogP contribution in [0.1, 0.15) is 36.9 Å². The number of aryl methyl sites for hydroxylation is 1. The topological polar surface area (TPSA) is 45.7 Å². The second kappa shape index (κ2) is 7.27. The number of halogens is 3. The van der Waals surface area contributed by atoms with Crippen molar-refractivity contribution in [2.24, 2.45) is 0 Å². The van der Waals surface area contributed by atoms with Gasteiger partial charge in [0, 0.05) is 12.0 Å². The van der Waals surface area contributed by atoms with Gasteiger partial charge >= 0.3 is 0 Å². The van der Waals surface area contributed by atoms with E-state index in [1.807, 2.05) is 17.4 Å². The Balaban J connectivity index is 1.69. The minimum absolute atomic E-state index is 0.153. The number of nitrogens with one attached hydrogen (secondary N) is 1. The molecule has 2 aromatic rings. The van der Waals surface area contributed by atoms with E-state index in [4.69, 9.17) is 0 Å². The van der Waals surface area contributed by atoms with Crippen LogP contribution >= 0.6 is 0 Å². The third-order valence-electron chi connectivity index (χ3n) is 4.64. The van der Waals surface area contributed by atoms with E-state index in [1.165, 1.54) is 11.1 Å². The monoisotopic (exact) mass is 349 g/mol. The van der Waals surface area contributed by atoms with Gasteiger partial charge in [-0.2, -0.15) is 0 Å². The number of fused-ring (bicyclic) bond motifs is 1. The molecule has 132 valence electrons. The van der Waals surface area contributed by atoms with Crippen molar-refractivity contribution in [1.29, 1.82) is 0 Å². The fourth-order valence-electron chi connectivity index (χ4n) is 3.30. The zero-order chi connectivity index (χ0) is 18.0. The highest BCUT2D eigenvalue weighted by Crippen LogP contribution is 2.27. The summed E-state index contributed by atoms with van der Waals surface area (Å²) in [4.78, 5) is 12.3. The van der Waals surface area contributed by atoms with Crippen molar-refractivity contribution >= 4 is 11.6 Å². The summed E-state index contributed by atoms with van der Waals surface area (Å²) < 4.78 is 39.9. The van der Waals surface area contributed by atoms with Gasteiger partial charge in [0.1, 0.15) is 6.04 Å². The molecule has 0 unspecified atom stereocenters. The average Bonchev–Trinajstić information content (AvgIpc) is 2.62. The molecule has 2 aromatic carbocycles. The molecule has 3 rings (SSSR count). The predicted molar refractivity (Wildman–Crippen MR) is 88.5 cm³/mol. The van der Waals surface area contributed by atoms with Crippen molar-refractivity contribution in [3.8, 4) is 0 Å². The maximum absolute atomic E-state index is 13.7.